The maximum Gasteiger partial charge on any atom is 0.339 e. The number of anilines is 1. The Bertz CT molecular complexity index is 1820. The summed E-state index contributed by atoms with van der Waals surface area (Å²) in [7, 11) is 0. The van der Waals surface area contributed by atoms with E-state index in [0.717, 1.165) is 19.3 Å². The van der Waals surface area contributed by atoms with E-state index in [-0.39, 0.29) is 52.3 Å². The standard InChI is InChI=1S/C33H25N3O7/c37-28(18-10-12-22(13-11-18)36(41)42)17-43-33(40)25-16-27(34-26-7-2-1-6-24(25)26)19-4-3-5-23(15-19)35-31(38)29-20-8-9-21(14-20)30(29)32(35)39/h1-7,10-13,15-16,20-21,29-30H,8-9,14,17H2/t20-,21-,29-,30+/m0/s1. The molecule has 0 unspecified atom stereocenters. The highest BCUT2D eigenvalue weighted by atomic mass is 16.6. The van der Waals surface area contributed by atoms with Crippen LogP contribution in [0.2, 0.25) is 0 Å². The SMILES string of the molecule is O=C(COC(=O)c1cc(-c2cccc(N3C(=O)[C@@H]4[C@H]5CC[C@@H](C5)[C@@H]4C3=O)c2)nc2ccccc12)c1ccc([N+](=O)[O-])cc1. The van der Waals surface area contributed by atoms with Crippen LogP contribution in [0.3, 0.4) is 0 Å². The molecule has 3 fully saturated rings. The minimum atomic E-state index is -0.737. The molecule has 0 spiro atoms. The van der Waals surface area contributed by atoms with Gasteiger partial charge < -0.3 is 4.74 Å². The second-order valence-corrected chi connectivity index (χ2v) is 11.3. The minimum Gasteiger partial charge on any atom is -0.454 e. The molecule has 0 radical (unpaired) electrons. The molecule has 214 valence electrons. The number of nitrogens with zero attached hydrogens (tertiary/aromatic N) is 3. The Hall–Kier alpha value is -5.25. The third-order valence-electron chi connectivity index (χ3n) is 9.00. The first kappa shape index (κ1) is 26.6. The fourth-order valence-corrected chi connectivity index (χ4v) is 7.02. The molecule has 43 heavy (non-hydrogen) atoms. The minimum absolute atomic E-state index is 0.132. The summed E-state index contributed by atoms with van der Waals surface area (Å²) in [5, 5.41) is 11.4. The van der Waals surface area contributed by atoms with Crippen LogP contribution >= 0.6 is 0 Å². The number of rotatable bonds is 7. The third-order valence-corrected chi connectivity index (χ3v) is 9.00. The lowest BCUT2D eigenvalue weighted by molar-refractivity contribution is -0.384. The molecule has 1 saturated heterocycles. The Morgan fingerprint density at radius 2 is 1.60 bits per heavy atom. The van der Waals surface area contributed by atoms with Gasteiger partial charge in [0.1, 0.15) is 0 Å². The molecule has 3 aliphatic rings. The van der Waals surface area contributed by atoms with Crippen molar-refractivity contribution in [1.29, 1.82) is 0 Å². The van der Waals surface area contributed by atoms with Gasteiger partial charge in [0, 0.05) is 28.6 Å². The Balaban J connectivity index is 1.16. The van der Waals surface area contributed by atoms with Gasteiger partial charge >= 0.3 is 5.97 Å². The summed E-state index contributed by atoms with van der Waals surface area (Å²) in [6.07, 6.45) is 2.95. The van der Waals surface area contributed by atoms with E-state index in [9.17, 15) is 29.3 Å². The van der Waals surface area contributed by atoms with Gasteiger partial charge in [-0.05, 0) is 67.5 Å². The van der Waals surface area contributed by atoms with Crippen LogP contribution in [0.4, 0.5) is 11.4 Å². The molecule has 4 aromatic rings. The number of para-hydroxylation sites is 1. The largest absolute Gasteiger partial charge is 0.454 e. The fourth-order valence-electron chi connectivity index (χ4n) is 7.02. The second-order valence-electron chi connectivity index (χ2n) is 11.3. The number of pyridine rings is 1. The number of ether oxygens (including phenoxy) is 1. The lowest BCUT2D eigenvalue weighted by Gasteiger charge is -2.19. The maximum absolute atomic E-state index is 13.4. The van der Waals surface area contributed by atoms with E-state index in [2.05, 4.69) is 0 Å². The van der Waals surface area contributed by atoms with Gasteiger partial charge in [0.15, 0.2) is 12.4 Å². The number of benzene rings is 3. The van der Waals surface area contributed by atoms with Gasteiger partial charge in [-0.15, -0.1) is 0 Å². The van der Waals surface area contributed by atoms with E-state index < -0.39 is 23.3 Å². The van der Waals surface area contributed by atoms with Crippen LogP contribution in [0.15, 0.2) is 78.9 Å². The van der Waals surface area contributed by atoms with Gasteiger partial charge in [0.2, 0.25) is 11.8 Å². The molecular weight excluding hydrogens is 550 g/mol. The predicted molar refractivity (Wildman–Crippen MR) is 155 cm³/mol. The predicted octanol–water partition coefficient (Wildman–Crippen LogP) is 5.39. The highest BCUT2D eigenvalue weighted by Gasteiger charge is 2.61. The van der Waals surface area contributed by atoms with Crippen molar-refractivity contribution >= 4 is 45.8 Å². The normalized spacial score (nSPS) is 22.2. The molecule has 3 aromatic carbocycles. The molecule has 0 N–H and O–H groups in total. The topological polar surface area (TPSA) is 137 Å². The first-order valence-corrected chi connectivity index (χ1v) is 14.1. The zero-order valence-corrected chi connectivity index (χ0v) is 22.8. The molecule has 10 heteroatoms. The Labute approximate surface area is 245 Å². The highest BCUT2D eigenvalue weighted by Crippen LogP contribution is 2.56. The summed E-state index contributed by atoms with van der Waals surface area (Å²) >= 11 is 0. The van der Waals surface area contributed by atoms with Gasteiger partial charge in [0.05, 0.1) is 39.2 Å². The van der Waals surface area contributed by atoms with Crippen molar-refractivity contribution in [3.63, 3.8) is 0 Å². The molecule has 10 nitrogen and oxygen atoms in total. The number of carbonyl (C=O) groups is 4. The van der Waals surface area contributed by atoms with Gasteiger partial charge in [-0.3, -0.25) is 29.4 Å². The van der Waals surface area contributed by atoms with Crippen molar-refractivity contribution in [1.82, 2.24) is 4.98 Å². The summed E-state index contributed by atoms with van der Waals surface area (Å²) in [4.78, 5) is 69.1. The number of nitro groups is 1. The zero-order valence-electron chi connectivity index (χ0n) is 22.8. The summed E-state index contributed by atoms with van der Waals surface area (Å²) < 4.78 is 5.37. The fraction of sp³-hybridized carbons (Fsp3) is 0.242. The van der Waals surface area contributed by atoms with E-state index in [4.69, 9.17) is 9.72 Å². The lowest BCUT2D eigenvalue weighted by Crippen LogP contribution is -2.32. The van der Waals surface area contributed by atoms with Crippen molar-refractivity contribution in [2.45, 2.75) is 19.3 Å². The van der Waals surface area contributed by atoms with Crippen LogP contribution in [-0.2, 0) is 14.3 Å². The molecule has 2 aliphatic carbocycles. The second kappa shape index (κ2) is 10.2. The number of Topliss-reactive ketones (excluding diaryl/α,β-unsaturated/α-hetero) is 1. The molecule has 2 saturated carbocycles. The van der Waals surface area contributed by atoms with E-state index >= 15 is 0 Å². The monoisotopic (exact) mass is 575 g/mol. The third kappa shape index (κ3) is 4.46. The van der Waals surface area contributed by atoms with Crippen molar-refractivity contribution in [2.24, 2.45) is 23.7 Å². The van der Waals surface area contributed by atoms with Crippen LogP contribution in [0.25, 0.3) is 22.2 Å². The number of non-ortho nitro benzene ring substituents is 1. The summed E-state index contributed by atoms with van der Waals surface area (Å²) in [5.74, 6) is -1.41. The van der Waals surface area contributed by atoms with Crippen molar-refractivity contribution in [2.75, 3.05) is 11.5 Å². The summed E-state index contributed by atoms with van der Waals surface area (Å²) in [6.45, 7) is -0.554. The molecule has 4 atom stereocenters. The molecule has 2 amide bonds. The Kier molecular flexibility index (Phi) is 6.34. The van der Waals surface area contributed by atoms with Crippen LogP contribution < -0.4 is 4.90 Å². The first-order valence-electron chi connectivity index (χ1n) is 14.1. The van der Waals surface area contributed by atoms with Gasteiger partial charge in [-0.25, -0.2) is 9.78 Å². The zero-order chi connectivity index (χ0) is 29.8. The highest BCUT2D eigenvalue weighted by molar-refractivity contribution is 6.22. The maximum atomic E-state index is 13.4. The van der Waals surface area contributed by atoms with E-state index in [1.165, 1.54) is 29.2 Å². The average Bonchev–Trinajstić information content (AvgIpc) is 3.72. The summed E-state index contributed by atoms with van der Waals surface area (Å²) in [6, 6.07) is 20.7. The molecule has 2 bridgehead atoms. The van der Waals surface area contributed by atoms with E-state index in [1.807, 2.05) is 0 Å². The Morgan fingerprint density at radius 3 is 2.30 bits per heavy atom. The molecule has 1 aromatic heterocycles. The van der Waals surface area contributed by atoms with Gasteiger partial charge in [0.25, 0.3) is 5.69 Å². The van der Waals surface area contributed by atoms with Gasteiger partial charge in [-0.1, -0.05) is 30.3 Å². The Morgan fingerprint density at radius 1 is 0.907 bits per heavy atom. The van der Waals surface area contributed by atoms with E-state index in [1.54, 1.807) is 54.6 Å². The van der Waals surface area contributed by atoms with Gasteiger partial charge in [-0.2, -0.15) is 0 Å². The average molecular weight is 576 g/mol. The summed E-state index contributed by atoms with van der Waals surface area (Å²) in [5.41, 5.74) is 2.28. The quantitative estimate of drug-likeness (QED) is 0.0941. The van der Waals surface area contributed by atoms with Crippen molar-refractivity contribution in [3.8, 4) is 11.3 Å². The number of fused-ring (bicyclic) bond motifs is 6. The lowest BCUT2D eigenvalue weighted by atomic mass is 9.81. The molecule has 1 aliphatic heterocycles. The van der Waals surface area contributed by atoms with E-state index in [0.29, 0.717) is 27.8 Å². The number of hydrogen-bond donors (Lipinski definition) is 0. The van der Waals surface area contributed by atoms with Crippen molar-refractivity contribution in [3.05, 3.63) is 100 Å². The number of amides is 2. The van der Waals surface area contributed by atoms with Crippen LogP contribution in [-0.4, -0.2) is 40.1 Å². The first-order chi connectivity index (χ1) is 20.8. The number of carbonyl (C=O) groups excluding carboxylic acids is 4. The number of ketones is 1. The number of esters is 1. The number of hydrogen-bond acceptors (Lipinski definition) is 8. The van der Waals surface area contributed by atoms with Crippen LogP contribution in [0.1, 0.15) is 40.0 Å². The van der Waals surface area contributed by atoms with Crippen LogP contribution in [0.5, 0.6) is 0 Å². The van der Waals surface area contributed by atoms with Crippen LogP contribution in [0, 0.1) is 33.8 Å². The molecule has 2 heterocycles. The molecule has 7 rings (SSSR count). The van der Waals surface area contributed by atoms with Crippen molar-refractivity contribution < 1.29 is 28.8 Å². The molecular formula is C33H25N3O7. The number of nitro benzene ring substituents is 1. The number of aromatic nitrogens is 1. The number of imide groups is 1. The smallest absolute Gasteiger partial charge is 0.339 e.